The minimum atomic E-state index is -3.58. The van der Waals surface area contributed by atoms with Crippen molar-refractivity contribution in [3.63, 3.8) is 0 Å². The highest BCUT2D eigenvalue weighted by Crippen LogP contribution is 2.30. The highest BCUT2D eigenvalue weighted by atomic mass is 32.2. The quantitative estimate of drug-likeness (QED) is 0.471. The number of halogens is 1. The summed E-state index contributed by atoms with van der Waals surface area (Å²) in [5.41, 5.74) is 3.62. The Bertz CT molecular complexity index is 1200. The second-order valence-corrected chi connectivity index (χ2v) is 8.79. The van der Waals surface area contributed by atoms with Crippen LogP contribution in [0.5, 0.6) is 0 Å². The number of rotatable bonds is 7. The molecule has 2 N–H and O–H groups in total. The van der Waals surface area contributed by atoms with Crippen molar-refractivity contribution in [2.75, 3.05) is 6.54 Å². The molecule has 29 heavy (non-hydrogen) atoms. The number of hydrogen-bond donors (Lipinski definition) is 2. The average molecular weight is 408 g/mol. The summed E-state index contributed by atoms with van der Waals surface area (Å²) in [5, 5.41) is 1.07. The minimum absolute atomic E-state index is 0.143. The summed E-state index contributed by atoms with van der Waals surface area (Å²) in [6, 6.07) is 23.3. The van der Waals surface area contributed by atoms with E-state index in [0.29, 0.717) is 5.56 Å². The van der Waals surface area contributed by atoms with Crippen molar-refractivity contribution in [3.8, 4) is 0 Å². The molecule has 1 unspecified atom stereocenters. The molecule has 4 nitrogen and oxygen atoms in total. The predicted molar refractivity (Wildman–Crippen MR) is 114 cm³/mol. The van der Waals surface area contributed by atoms with Crippen LogP contribution in [0.4, 0.5) is 4.39 Å². The second-order valence-electron chi connectivity index (χ2n) is 6.99. The molecule has 0 radical (unpaired) electrons. The van der Waals surface area contributed by atoms with E-state index in [9.17, 15) is 12.8 Å². The summed E-state index contributed by atoms with van der Waals surface area (Å²) >= 11 is 0. The first-order chi connectivity index (χ1) is 14.0. The molecule has 0 aliphatic rings. The summed E-state index contributed by atoms with van der Waals surface area (Å²) in [5.74, 6) is -0.721. The fourth-order valence-electron chi connectivity index (χ4n) is 3.54. The molecule has 6 heteroatoms. The van der Waals surface area contributed by atoms with Gasteiger partial charge in [0.2, 0.25) is 10.0 Å². The molecule has 3 aromatic carbocycles. The van der Waals surface area contributed by atoms with E-state index in [1.54, 1.807) is 0 Å². The normalized spacial score (nSPS) is 12.9. The fourth-order valence-corrected chi connectivity index (χ4v) is 4.69. The Morgan fingerprint density at radius 2 is 1.59 bits per heavy atom. The minimum Gasteiger partial charge on any atom is -0.361 e. The van der Waals surface area contributed by atoms with Gasteiger partial charge in [-0.05, 0) is 34.9 Å². The van der Waals surface area contributed by atoms with Crippen LogP contribution in [0.25, 0.3) is 10.9 Å². The van der Waals surface area contributed by atoms with Gasteiger partial charge in [-0.2, -0.15) is 0 Å². The standard InChI is InChI=1S/C23H21FN2O2S/c24-19-12-10-17(11-13-19)16-29(27,28)26-15-21(18-6-2-1-3-7-18)22-14-25-23-9-5-4-8-20(22)23/h1-14,21,25-26H,15-16H2. The Labute approximate surface area is 169 Å². The number of fused-ring (bicyclic) bond motifs is 1. The van der Waals surface area contributed by atoms with E-state index < -0.39 is 10.0 Å². The zero-order valence-corrected chi connectivity index (χ0v) is 16.5. The lowest BCUT2D eigenvalue weighted by Gasteiger charge is -2.18. The molecule has 0 aliphatic carbocycles. The van der Waals surface area contributed by atoms with Crippen molar-refractivity contribution >= 4 is 20.9 Å². The predicted octanol–water partition coefficient (Wildman–Crippen LogP) is 4.56. The molecule has 1 aromatic heterocycles. The van der Waals surface area contributed by atoms with Gasteiger partial charge in [-0.3, -0.25) is 0 Å². The van der Waals surface area contributed by atoms with Crippen molar-refractivity contribution in [2.24, 2.45) is 0 Å². The number of sulfonamides is 1. The lowest BCUT2D eigenvalue weighted by molar-refractivity contribution is 0.576. The molecule has 1 atom stereocenters. The van der Waals surface area contributed by atoms with Gasteiger partial charge >= 0.3 is 0 Å². The van der Waals surface area contributed by atoms with Gasteiger partial charge in [-0.1, -0.05) is 60.7 Å². The van der Waals surface area contributed by atoms with Crippen molar-refractivity contribution in [1.82, 2.24) is 9.71 Å². The Morgan fingerprint density at radius 3 is 2.34 bits per heavy atom. The van der Waals surface area contributed by atoms with Crippen molar-refractivity contribution in [3.05, 3.63) is 108 Å². The van der Waals surface area contributed by atoms with Crippen LogP contribution in [-0.2, 0) is 15.8 Å². The van der Waals surface area contributed by atoms with Crippen LogP contribution < -0.4 is 4.72 Å². The molecule has 0 aliphatic heterocycles. The molecule has 1 heterocycles. The third kappa shape index (κ3) is 4.55. The van der Waals surface area contributed by atoms with Crippen molar-refractivity contribution in [1.29, 1.82) is 0 Å². The molecular weight excluding hydrogens is 387 g/mol. The number of H-pyrrole nitrogens is 1. The zero-order valence-electron chi connectivity index (χ0n) is 15.7. The zero-order chi connectivity index (χ0) is 20.3. The number of nitrogens with one attached hydrogen (secondary N) is 2. The molecule has 148 valence electrons. The third-order valence-electron chi connectivity index (χ3n) is 4.98. The molecule has 4 aromatic rings. The maximum atomic E-state index is 13.1. The summed E-state index contributed by atoms with van der Waals surface area (Å²) < 4.78 is 41.1. The van der Waals surface area contributed by atoms with E-state index >= 15 is 0 Å². The Hall–Kier alpha value is -2.96. The lowest BCUT2D eigenvalue weighted by Crippen LogP contribution is -2.30. The van der Waals surface area contributed by atoms with Gasteiger partial charge in [-0.25, -0.2) is 17.5 Å². The maximum Gasteiger partial charge on any atom is 0.215 e. The Kier molecular flexibility index (Phi) is 5.47. The Morgan fingerprint density at radius 1 is 0.897 bits per heavy atom. The van der Waals surface area contributed by atoms with Gasteiger partial charge in [0.05, 0.1) is 5.75 Å². The average Bonchev–Trinajstić information content (AvgIpc) is 3.15. The monoisotopic (exact) mass is 408 g/mol. The first kappa shape index (κ1) is 19.4. The summed E-state index contributed by atoms with van der Waals surface area (Å²) in [6.07, 6.45) is 1.94. The van der Waals surface area contributed by atoms with Gasteiger partial charge < -0.3 is 4.98 Å². The first-order valence-electron chi connectivity index (χ1n) is 9.34. The number of hydrogen-bond acceptors (Lipinski definition) is 2. The van der Waals surface area contributed by atoms with Gasteiger partial charge in [0.1, 0.15) is 5.82 Å². The van der Waals surface area contributed by atoms with E-state index in [0.717, 1.165) is 22.0 Å². The molecule has 0 amide bonds. The molecule has 4 rings (SSSR count). The topological polar surface area (TPSA) is 62.0 Å². The van der Waals surface area contributed by atoms with Crippen LogP contribution in [0.3, 0.4) is 0 Å². The van der Waals surface area contributed by atoms with Crippen LogP contribution in [0.1, 0.15) is 22.6 Å². The number of aromatic amines is 1. The van der Waals surface area contributed by atoms with Gasteiger partial charge in [-0.15, -0.1) is 0 Å². The maximum absolute atomic E-state index is 13.1. The van der Waals surface area contributed by atoms with Crippen LogP contribution in [0, 0.1) is 5.82 Å². The highest BCUT2D eigenvalue weighted by Gasteiger charge is 2.21. The first-order valence-corrected chi connectivity index (χ1v) is 11.0. The molecular formula is C23H21FN2O2S. The molecule has 0 fully saturated rings. The number of aromatic nitrogens is 1. The smallest absolute Gasteiger partial charge is 0.215 e. The van der Waals surface area contributed by atoms with Crippen molar-refractivity contribution < 1.29 is 12.8 Å². The number of benzene rings is 3. The third-order valence-corrected chi connectivity index (χ3v) is 6.30. The molecule has 0 saturated carbocycles. The van der Waals surface area contributed by atoms with Crippen LogP contribution in [0.15, 0.2) is 85.1 Å². The van der Waals surface area contributed by atoms with Gasteiger partial charge in [0.25, 0.3) is 0 Å². The van der Waals surface area contributed by atoms with Gasteiger partial charge in [0.15, 0.2) is 0 Å². The van der Waals surface area contributed by atoms with E-state index in [1.807, 2.05) is 60.8 Å². The largest absolute Gasteiger partial charge is 0.361 e. The number of para-hydroxylation sites is 1. The van der Waals surface area contributed by atoms with Crippen LogP contribution >= 0.6 is 0 Å². The fraction of sp³-hybridized carbons (Fsp3) is 0.130. The van der Waals surface area contributed by atoms with Gasteiger partial charge in [0, 0.05) is 29.6 Å². The summed E-state index contributed by atoms with van der Waals surface area (Å²) in [6.45, 7) is 0.232. The van der Waals surface area contributed by atoms with E-state index in [1.165, 1.54) is 24.3 Å². The SMILES string of the molecule is O=S(=O)(Cc1ccc(F)cc1)NCC(c1ccccc1)c1c[nH]c2ccccc12. The van der Waals surface area contributed by atoms with Crippen LogP contribution in [-0.4, -0.2) is 19.9 Å². The van der Waals surface area contributed by atoms with E-state index in [2.05, 4.69) is 9.71 Å². The highest BCUT2D eigenvalue weighted by molar-refractivity contribution is 7.88. The lowest BCUT2D eigenvalue weighted by atomic mass is 9.91. The summed E-state index contributed by atoms with van der Waals surface area (Å²) in [4.78, 5) is 3.27. The molecule has 0 spiro atoms. The molecule has 0 saturated heterocycles. The van der Waals surface area contributed by atoms with E-state index in [-0.39, 0.29) is 24.0 Å². The summed E-state index contributed by atoms with van der Waals surface area (Å²) in [7, 11) is -3.58. The van der Waals surface area contributed by atoms with Crippen LogP contribution in [0.2, 0.25) is 0 Å². The van der Waals surface area contributed by atoms with Crippen molar-refractivity contribution in [2.45, 2.75) is 11.7 Å². The molecule has 0 bridgehead atoms. The second kappa shape index (κ2) is 8.19. The Balaban J connectivity index is 1.60. The van der Waals surface area contributed by atoms with E-state index in [4.69, 9.17) is 0 Å².